The minimum Gasteiger partial charge on any atom is -0.497 e. The fraction of sp³-hybridized carbons (Fsp3) is 0.273. The molecule has 0 aliphatic carbocycles. The first-order valence-electron chi connectivity index (χ1n) is 9.00. The third kappa shape index (κ3) is 4.17. The number of methoxy groups -OCH3 is 2. The molecule has 1 aliphatic rings. The molecule has 0 fully saturated rings. The van der Waals surface area contributed by atoms with Crippen LogP contribution in [-0.2, 0) is 20.7 Å². The van der Waals surface area contributed by atoms with Crippen molar-refractivity contribution in [1.82, 2.24) is 0 Å². The Morgan fingerprint density at radius 2 is 1.93 bits per heavy atom. The predicted octanol–water partition coefficient (Wildman–Crippen LogP) is 3.24. The number of carbonyl (C=O) groups is 2. The summed E-state index contributed by atoms with van der Waals surface area (Å²) in [5.74, 6) is 0.400. The Hall–Kier alpha value is -3.28. The van der Waals surface area contributed by atoms with Crippen molar-refractivity contribution in [3.8, 4) is 11.5 Å². The first-order chi connectivity index (χ1) is 13.5. The van der Waals surface area contributed by atoms with E-state index in [1.807, 2.05) is 31.2 Å². The lowest BCUT2D eigenvalue weighted by Gasteiger charge is -2.22. The average Bonchev–Trinajstić information content (AvgIpc) is 3.05. The van der Waals surface area contributed by atoms with Gasteiger partial charge < -0.3 is 19.1 Å². The van der Waals surface area contributed by atoms with E-state index in [0.717, 1.165) is 17.7 Å². The average molecular weight is 381 g/mol. The Morgan fingerprint density at radius 1 is 1.14 bits per heavy atom. The highest BCUT2D eigenvalue weighted by Crippen LogP contribution is 2.31. The predicted molar refractivity (Wildman–Crippen MR) is 107 cm³/mol. The van der Waals surface area contributed by atoms with Crippen molar-refractivity contribution < 1.29 is 23.8 Å². The monoisotopic (exact) mass is 381 g/mol. The van der Waals surface area contributed by atoms with Crippen LogP contribution in [0.25, 0.3) is 6.08 Å². The third-order valence-electron chi connectivity index (χ3n) is 4.65. The number of para-hydroxylation sites is 1. The lowest BCUT2D eigenvalue weighted by atomic mass is 10.1. The fourth-order valence-corrected chi connectivity index (χ4v) is 3.31. The topological polar surface area (TPSA) is 65.1 Å². The summed E-state index contributed by atoms with van der Waals surface area (Å²) in [7, 11) is 3.11. The second-order valence-corrected chi connectivity index (χ2v) is 6.49. The molecule has 0 saturated heterocycles. The molecule has 28 heavy (non-hydrogen) atoms. The van der Waals surface area contributed by atoms with Gasteiger partial charge in [0, 0.05) is 29.4 Å². The highest BCUT2D eigenvalue weighted by Gasteiger charge is 2.30. The van der Waals surface area contributed by atoms with E-state index < -0.39 is 5.97 Å². The van der Waals surface area contributed by atoms with Gasteiger partial charge in [-0.3, -0.25) is 4.79 Å². The Balaban J connectivity index is 1.60. The number of carbonyl (C=O) groups excluding carboxylic acids is 2. The summed E-state index contributed by atoms with van der Waals surface area (Å²) in [4.78, 5) is 26.3. The number of hydrogen-bond donors (Lipinski definition) is 0. The maximum Gasteiger partial charge on any atom is 0.331 e. The van der Waals surface area contributed by atoms with Gasteiger partial charge in [-0.25, -0.2) is 4.79 Å². The van der Waals surface area contributed by atoms with Crippen molar-refractivity contribution in [3.05, 3.63) is 59.7 Å². The molecular weight excluding hydrogens is 358 g/mol. The third-order valence-corrected chi connectivity index (χ3v) is 4.65. The van der Waals surface area contributed by atoms with Gasteiger partial charge in [-0.2, -0.15) is 0 Å². The summed E-state index contributed by atoms with van der Waals surface area (Å²) >= 11 is 0. The van der Waals surface area contributed by atoms with E-state index in [0.29, 0.717) is 17.1 Å². The molecule has 2 aromatic carbocycles. The second-order valence-electron chi connectivity index (χ2n) is 6.49. The summed E-state index contributed by atoms with van der Waals surface area (Å²) in [5.41, 5.74) is 2.71. The molecule has 0 unspecified atom stereocenters. The van der Waals surface area contributed by atoms with E-state index in [4.69, 9.17) is 14.2 Å². The van der Waals surface area contributed by atoms with Gasteiger partial charge in [0.1, 0.15) is 11.5 Å². The second kappa shape index (κ2) is 8.61. The zero-order valence-corrected chi connectivity index (χ0v) is 16.2. The van der Waals surface area contributed by atoms with Crippen molar-refractivity contribution >= 4 is 23.6 Å². The zero-order chi connectivity index (χ0) is 20.1. The molecule has 0 bridgehead atoms. The first-order valence-corrected chi connectivity index (χ1v) is 9.00. The molecule has 1 atom stereocenters. The summed E-state index contributed by atoms with van der Waals surface area (Å²) < 4.78 is 15.6. The molecule has 0 N–H and O–H groups in total. The van der Waals surface area contributed by atoms with E-state index in [2.05, 4.69) is 0 Å². The van der Waals surface area contributed by atoms with Gasteiger partial charge in [-0.15, -0.1) is 0 Å². The number of benzene rings is 2. The Labute approximate surface area is 164 Å². The van der Waals surface area contributed by atoms with E-state index in [9.17, 15) is 9.59 Å². The van der Waals surface area contributed by atoms with Crippen LogP contribution < -0.4 is 14.4 Å². The Morgan fingerprint density at radius 3 is 2.68 bits per heavy atom. The molecule has 2 aromatic rings. The van der Waals surface area contributed by atoms with Crippen LogP contribution in [0, 0.1) is 0 Å². The highest BCUT2D eigenvalue weighted by molar-refractivity contribution is 5.98. The van der Waals surface area contributed by atoms with Crippen molar-refractivity contribution in [1.29, 1.82) is 0 Å². The van der Waals surface area contributed by atoms with Gasteiger partial charge in [0.05, 0.1) is 14.2 Å². The molecule has 1 heterocycles. The summed E-state index contributed by atoms with van der Waals surface area (Å²) in [6, 6.07) is 13.1. The molecule has 0 aromatic heterocycles. The number of fused-ring (bicyclic) bond motifs is 1. The largest absolute Gasteiger partial charge is 0.497 e. The van der Waals surface area contributed by atoms with Crippen LogP contribution in [0.5, 0.6) is 11.5 Å². The molecular formula is C22H23NO5. The maximum atomic E-state index is 12.6. The first kappa shape index (κ1) is 19.5. The van der Waals surface area contributed by atoms with Gasteiger partial charge in [0.2, 0.25) is 0 Å². The van der Waals surface area contributed by atoms with Crippen molar-refractivity contribution in [2.75, 3.05) is 25.7 Å². The van der Waals surface area contributed by atoms with E-state index in [1.165, 1.54) is 13.2 Å². The fourth-order valence-electron chi connectivity index (χ4n) is 3.31. The summed E-state index contributed by atoms with van der Waals surface area (Å²) in [6.45, 7) is 1.68. The zero-order valence-electron chi connectivity index (χ0n) is 16.2. The molecule has 6 nitrogen and oxygen atoms in total. The summed E-state index contributed by atoms with van der Waals surface area (Å²) in [6.07, 6.45) is 3.66. The van der Waals surface area contributed by atoms with Gasteiger partial charge in [-0.05, 0) is 43.2 Å². The minimum absolute atomic E-state index is 0.0442. The summed E-state index contributed by atoms with van der Waals surface area (Å²) in [5, 5.41) is 0. The van der Waals surface area contributed by atoms with Crippen LogP contribution in [0.2, 0.25) is 0 Å². The van der Waals surface area contributed by atoms with E-state index in [1.54, 1.807) is 36.3 Å². The number of amides is 1. The lowest BCUT2D eigenvalue weighted by molar-refractivity contribution is -0.143. The SMILES string of the molecule is COc1ccc(/C=C/C(=O)OCC(=O)N2c3ccccc3C[C@H]2C)c(OC)c1. The standard InChI is InChI=1S/C22H23NO5/c1-15-12-17-6-4-5-7-19(17)23(15)21(24)14-28-22(25)11-9-16-8-10-18(26-2)13-20(16)27-3/h4-11,13,15H,12,14H2,1-3H3/b11-9+/t15-/m1/s1. The van der Waals surface area contributed by atoms with E-state index in [-0.39, 0.29) is 18.6 Å². The van der Waals surface area contributed by atoms with Crippen LogP contribution in [-0.4, -0.2) is 38.7 Å². The Bertz CT molecular complexity index is 906. The lowest BCUT2D eigenvalue weighted by Crippen LogP contribution is -2.38. The van der Waals surface area contributed by atoms with Gasteiger partial charge >= 0.3 is 5.97 Å². The van der Waals surface area contributed by atoms with Gasteiger partial charge in [0.25, 0.3) is 5.91 Å². The molecule has 1 aliphatic heterocycles. The minimum atomic E-state index is -0.591. The molecule has 0 spiro atoms. The Kier molecular flexibility index (Phi) is 5.99. The number of ether oxygens (including phenoxy) is 3. The van der Waals surface area contributed by atoms with Crippen LogP contribution in [0.1, 0.15) is 18.1 Å². The molecule has 3 rings (SSSR count). The highest BCUT2D eigenvalue weighted by atomic mass is 16.5. The van der Waals surface area contributed by atoms with Crippen LogP contribution >= 0.6 is 0 Å². The van der Waals surface area contributed by atoms with Crippen LogP contribution in [0.3, 0.4) is 0 Å². The molecule has 0 saturated carbocycles. The van der Waals surface area contributed by atoms with Gasteiger partial charge in [0.15, 0.2) is 6.61 Å². The van der Waals surface area contributed by atoms with Crippen LogP contribution in [0.4, 0.5) is 5.69 Å². The number of anilines is 1. The number of rotatable bonds is 6. The van der Waals surface area contributed by atoms with Crippen molar-refractivity contribution in [3.63, 3.8) is 0 Å². The van der Waals surface area contributed by atoms with E-state index >= 15 is 0 Å². The quantitative estimate of drug-likeness (QED) is 0.568. The van der Waals surface area contributed by atoms with Crippen LogP contribution in [0.15, 0.2) is 48.5 Å². The molecule has 0 radical (unpaired) electrons. The number of hydrogen-bond acceptors (Lipinski definition) is 5. The molecule has 6 heteroatoms. The van der Waals surface area contributed by atoms with Crippen molar-refractivity contribution in [2.24, 2.45) is 0 Å². The number of nitrogens with zero attached hydrogens (tertiary/aromatic N) is 1. The van der Waals surface area contributed by atoms with Gasteiger partial charge in [-0.1, -0.05) is 18.2 Å². The smallest absolute Gasteiger partial charge is 0.331 e. The van der Waals surface area contributed by atoms with Crippen molar-refractivity contribution in [2.45, 2.75) is 19.4 Å². The maximum absolute atomic E-state index is 12.6. The normalized spacial score (nSPS) is 15.4. The molecule has 146 valence electrons. The molecule has 1 amide bonds. The number of esters is 1.